The lowest BCUT2D eigenvalue weighted by Gasteiger charge is -2.33. The van der Waals surface area contributed by atoms with Crippen molar-refractivity contribution in [3.05, 3.63) is 23.3 Å². The van der Waals surface area contributed by atoms with Crippen LogP contribution in [0.2, 0.25) is 0 Å². The molecule has 0 spiro atoms. The molecule has 4 nitrogen and oxygen atoms in total. The topological polar surface area (TPSA) is 63.1 Å². The van der Waals surface area contributed by atoms with Crippen LogP contribution in [0.3, 0.4) is 0 Å². The van der Waals surface area contributed by atoms with E-state index in [1.807, 2.05) is 13.8 Å². The Balaban J connectivity index is 2.26. The standard InChI is InChI=1S/C16H24N2O2/c1-10(2)13-12(15(19)20)9-17-14(18-13)11-5-7-16(3,4)8-6-11/h9-11H,5-8H2,1-4H3,(H,19,20). The fourth-order valence-corrected chi connectivity index (χ4v) is 2.87. The molecule has 0 amide bonds. The molecule has 1 aliphatic rings. The fraction of sp³-hybridized carbons (Fsp3) is 0.688. The molecule has 0 saturated heterocycles. The third kappa shape index (κ3) is 3.17. The molecule has 1 heterocycles. The zero-order chi connectivity index (χ0) is 14.9. The van der Waals surface area contributed by atoms with Gasteiger partial charge in [-0.05, 0) is 37.0 Å². The van der Waals surface area contributed by atoms with Gasteiger partial charge in [-0.3, -0.25) is 0 Å². The highest BCUT2D eigenvalue weighted by molar-refractivity contribution is 5.88. The largest absolute Gasteiger partial charge is 0.478 e. The van der Waals surface area contributed by atoms with Crippen LogP contribution in [0, 0.1) is 5.41 Å². The van der Waals surface area contributed by atoms with Crippen molar-refractivity contribution in [1.29, 1.82) is 0 Å². The van der Waals surface area contributed by atoms with E-state index in [2.05, 4.69) is 23.8 Å². The van der Waals surface area contributed by atoms with Gasteiger partial charge in [0.25, 0.3) is 0 Å². The fourth-order valence-electron chi connectivity index (χ4n) is 2.87. The van der Waals surface area contributed by atoms with Gasteiger partial charge in [0, 0.05) is 12.1 Å². The number of rotatable bonds is 3. The summed E-state index contributed by atoms with van der Waals surface area (Å²) in [6, 6.07) is 0. The predicted molar refractivity (Wildman–Crippen MR) is 78.1 cm³/mol. The first-order valence-corrected chi connectivity index (χ1v) is 7.40. The maximum atomic E-state index is 11.2. The van der Waals surface area contributed by atoms with Gasteiger partial charge in [-0.25, -0.2) is 14.8 Å². The third-order valence-electron chi connectivity index (χ3n) is 4.32. The number of hydrogen-bond donors (Lipinski definition) is 1. The Hall–Kier alpha value is -1.45. The number of carbonyl (C=O) groups is 1. The first-order valence-electron chi connectivity index (χ1n) is 7.40. The lowest BCUT2D eigenvalue weighted by atomic mass is 9.73. The minimum absolute atomic E-state index is 0.0999. The van der Waals surface area contributed by atoms with Crippen molar-refractivity contribution < 1.29 is 9.90 Å². The monoisotopic (exact) mass is 276 g/mol. The van der Waals surface area contributed by atoms with Gasteiger partial charge in [0.2, 0.25) is 0 Å². The molecule has 4 heteroatoms. The van der Waals surface area contributed by atoms with Crippen molar-refractivity contribution in [2.45, 2.75) is 65.2 Å². The van der Waals surface area contributed by atoms with E-state index in [0.29, 0.717) is 17.0 Å². The maximum Gasteiger partial charge on any atom is 0.339 e. The van der Waals surface area contributed by atoms with E-state index in [1.165, 1.54) is 19.0 Å². The number of carboxylic acids is 1. The average Bonchev–Trinajstić information content (AvgIpc) is 2.37. The summed E-state index contributed by atoms with van der Waals surface area (Å²) >= 11 is 0. The summed E-state index contributed by atoms with van der Waals surface area (Å²) in [5, 5.41) is 9.20. The third-order valence-corrected chi connectivity index (χ3v) is 4.32. The van der Waals surface area contributed by atoms with Gasteiger partial charge in [0.05, 0.1) is 11.3 Å². The minimum Gasteiger partial charge on any atom is -0.478 e. The molecule has 1 N–H and O–H groups in total. The van der Waals surface area contributed by atoms with Crippen LogP contribution in [0.4, 0.5) is 0 Å². The zero-order valence-electron chi connectivity index (χ0n) is 12.8. The number of hydrogen-bond acceptors (Lipinski definition) is 3. The van der Waals surface area contributed by atoms with Crippen LogP contribution in [0.15, 0.2) is 6.20 Å². The second-order valence-corrected chi connectivity index (χ2v) is 6.93. The summed E-state index contributed by atoms with van der Waals surface area (Å²) in [6.45, 7) is 8.55. The molecular formula is C16H24N2O2. The first-order chi connectivity index (χ1) is 9.30. The number of aromatic carboxylic acids is 1. The number of carboxylic acid groups (broad SMARTS) is 1. The molecule has 1 aliphatic carbocycles. The van der Waals surface area contributed by atoms with Crippen molar-refractivity contribution in [3.8, 4) is 0 Å². The van der Waals surface area contributed by atoms with E-state index < -0.39 is 5.97 Å². The second kappa shape index (κ2) is 5.51. The van der Waals surface area contributed by atoms with Gasteiger partial charge in [-0.15, -0.1) is 0 Å². The minimum atomic E-state index is -0.940. The van der Waals surface area contributed by atoms with Crippen LogP contribution in [0.25, 0.3) is 0 Å². The van der Waals surface area contributed by atoms with Gasteiger partial charge in [-0.1, -0.05) is 27.7 Å². The van der Waals surface area contributed by atoms with Crippen molar-refractivity contribution in [3.63, 3.8) is 0 Å². The average molecular weight is 276 g/mol. The Morgan fingerprint density at radius 3 is 2.45 bits per heavy atom. The van der Waals surface area contributed by atoms with E-state index in [4.69, 9.17) is 0 Å². The summed E-state index contributed by atoms with van der Waals surface area (Å²) in [6.07, 6.45) is 6.03. The van der Waals surface area contributed by atoms with Gasteiger partial charge in [0.15, 0.2) is 0 Å². The summed E-state index contributed by atoms with van der Waals surface area (Å²) in [4.78, 5) is 20.1. The molecule has 0 bridgehead atoms. The summed E-state index contributed by atoms with van der Waals surface area (Å²) in [5.41, 5.74) is 1.31. The Bertz CT molecular complexity index is 499. The molecule has 1 aromatic heterocycles. The molecule has 0 aliphatic heterocycles. The normalized spacial score (nSPS) is 19.2. The molecule has 1 saturated carbocycles. The van der Waals surface area contributed by atoms with Crippen LogP contribution in [-0.2, 0) is 0 Å². The summed E-state index contributed by atoms with van der Waals surface area (Å²) in [5.74, 6) is 0.366. The quantitative estimate of drug-likeness (QED) is 0.907. The van der Waals surface area contributed by atoms with Crippen LogP contribution in [0.1, 0.15) is 87.1 Å². The summed E-state index contributed by atoms with van der Waals surface area (Å²) < 4.78 is 0. The van der Waals surface area contributed by atoms with Gasteiger partial charge in [-0.2, -0.15) is 0 Å². The maximum absolute atomic E-state index is 11.2. The van der Waals surface area contributed by atoms with E-state index in [-0.39, 0.29) is 11.5 Å². The Morgan fingerprint density at radius 1 is 1.35 bits per heavy atom. The molecule has 0 unspecified atom stereocenters. The molecule has 0 aromatic carbocycles. The summed E-state index contributed by atoms with van der Waals surface area (Å²) in [7, 11) is 0. The van der Waals surface area contributed by atoms with Gasteiger partial charge in [0.1, 0.15) is 5.82 Å². The van der Waals surface area contributed by atoms with Crippen LogP contribution >= 0.6 is 0 Å². The Morgan fingerprint density at radius 2 is 1.95 bits per heavy atom. The molecule has 2 rings (SSSR count). The predicted octanol–water partition coefficient (Wildman–Crippen LogP) is 3.98. The molecule has 110 valence electrons. The van der Waals surface area contributed by atoms with Crippen LogP contribution in [-0.4, -0.2) is 21.0 Å². The number of aromatic nitrogens is 2. The van der Waals surface area contributed by atoms with E-state index in [0.717, 1.165) is 18.7 Å². The highest BCUT2D eigenvalue weighted by atomic mass is 16.4. The van der Waals surface area contributed by atoms with Crippen molar-refractivity contribution in [2.75, 3.05) is 0 Å². The van der Waals surface area contributed by atoms with Crippen LogP contribution < -0.4 is 0 Å². The lowest BCUT2D eigenvalue weighted by Crippen LogP contribution is -2.22. The Labute approximate surface area is 120 Å². The second-order valence-electron chi connectivity index (χ2n) is 6.93. The Kier molecular flexibility index (Phi) is 4.11. The molecule has 20 heavy (non-hydrogen) atoms. The zero-order valence-corrected chi connectivity index (χ0v) is 12.8. The molecular weight excluding hydrogens is 252 g/mol. The van der Waals surface area contributed by atoms with Crippen LogP contribution in [0.5, 0.6) is 0 Å². The smallest absolute Gasteiger partial charge is 0.339 e. The molecule has 0 atom stereocenters. The van der Waals surface area contributed by atoms with Crippen molar-refractivity contribution in [1.82, 2.24) is 9.97 Å². The highest BCUT2D eigenvalue weighted by Crippen LogP contribution is 2.41. The number of nitrogens with zero attached hydrogens (tertiary/aromatic N) is 2. The first kappa shape index (κ1) is 14.9. The molecule has 1 fully saturated rings. The lowest BCUT2D eigenvalue weighted by molar-refractivity contribution is 0.0694. The molecule has 0 radical (unpaired) electrons. The van der Waals surface area contributed by atoms with E-state index >= 15 is 0 Å². The van der Waals surface area contributed by atoms with Gasteiger partial charge < -0.3 is 5.11 Å². The van der Waals surface area contributed by atoms with Crippen molar-refractivity contribution >= 4 is 5.97 Å². The van der Waals surface area contributed by atoms with Gasteiger partial charge >= 0.3 is 5.97 Å². The SMILES string of the molecule is CC(C)c1nc(C2CCC(C)(C)CC2)ncc1C(=O)O. The molecule has 1 aromatic rings. The van der Waals surface area contributed by atoms with E-state index in [1.54, 1.807) is 0 Å². The highest BCUT2D eigenvalue weighted by Gasteiger charge is 2.29. The van der Waals surface area contributed by atoms with E-state index in [9.17, 15) is 9.90 Å². The van der Waals surface area contributed by atoms with Crippen molar-refractivity contribution in [2.24, 2.45) is 5.41 Å².